The van der Waals surface area contributed by atoms with Gasteiger partial charge in [0.2, 0.25) is 5.91 Å². The van der Waals surface area contributed by atoms with Crippen LogP contribution in [0, 0.1) is 5.92 Å². The van der Waals surface area contributed by atoms with Crippen LogP contribution in [-0.2, 0) is 4.79 Å². The van der Waals surface area contributed by atoms with Gasteiger partial charge in [0.25, 0.3) is 0 Å². The maximum absolute atomic E-state index is 11.9. The van der Waals surface area contributed by atoms with E-state index in [0.29, 0.717) is 5.91 Å². The third-order valence-electron chi connectivity index (χ3n) is 4.17. The molecule has 1 heterocycles. The summed E-state index contributed by atoms with van der Waals surface area (Å²) in [5.74, 6) is 0.555. The van der Waals surface area contributed by atoms with E-state index in [4.69, 9.17) is 0 Å². The summed E-state index contributed by atoms with van der Waals surface area (Å²) >= 11 is 0. The number of rotatable bonds is 9. The van der Waals surface area contributed by atoms with Crippen LogP contribution in [0.2, 0.25) is 0 Å². The quantitative estimate of drug-likeness (QED) is 0.651. The summed E-state index contributed by atoms with van der Waals surface area (Å²) in [5.41, 5.74) is 0. The lowest BCUT2D eigenvalue weighted by Crippen LogP contribution is -2.39. The van der Waals surface area contributed by atoms with Gasteiger partial charge in [0.15, 0.2) is 0 Å². The second-order valence-corrected chi connectivity index (χ2v) is 5.99. The monoisotopic (exact) mass is 268 g/mol. The molecule has 3 heteroatoms. The molecule has 0 aliphatic carbocycles. The van der Waals surface area contributed by atoms with Gasteiger partial charge in [-0.15, -0.1) is 0 Å². The number of nitrogens with one attached hydrogen (secondary N) is 1. The number of hydrogen-bond acceptors (Lipinski definition) is 2. The smallest absolute Gasteiger partial charge is 0.223 e. The highest BCUT2D eigenvalue weighted by Crippen LogP contribution is 2.15. The molecule has 1 fully saturated rings. The highest BCUT2D eigenvalue weighted by atomic mass is 16.1. The predicted octanol–water partition coefficient (Wildman–Crippen LogP) is 3.20. The molecule has 1 amide bonds. The second kappa shape index (κ2) is 10.2. The Morgan fingerprint density at radius 1 is 1.05 bits per heavy atom. The van der Waals surface area contributed by atoms with Crippen molar-refractivity contribution in [3.05, 3.63) is 0 Å². The first kappa shape index (κ1) is 16.5. The van der Waals surface area contributed by atoms with Crippen LogP contribution in [0.15, 0.2) is 0 Å². The van der Waals surface area contributed by atoms with E-state index >= 15 is 0 Å². The fraction of sp³-hybridized carbons (Fsp3) is 0.938. The minimum atomic E-state index is 0.265. The number of nitrogens with zero attached hydrogens (tertiary/aromatic N) is 1. The van der Waals surface area contributed by atoms with Crippen molar-refractivity contribution in [3.8, 4) is 0 Å². The van der Waals surface area contributed by atoms with Crippen molar-refractivity contribution in [2.24, 2.45) is 5.92 Å². The van der Waals surface area contributed by atoms with Crippen molar-refractivity contribution in [3.63, 3.8) is 0 Å². The standard InChI is InChI=1S/C16H32N2O/c1-3-4-5-6-7-8-9-12-17-16(19)15-10-13-18(2)14-11-15/h15H,3-14H2,1-2H3,(H,17,19). The van der Waals surface area contributed by atoms with E-state index < -0.39 is 0 Å². The minimum Gasteiger partial charge on any atom is -0.356 e. The number of hydrogen-bond donors (Lipinski definition) is 1. The fourth-order valence-electron chi connectivity index (χ4n) is 2.71. The molecule has 0 unspecified atom stereocenters. The van der Waals surface area contributed by atoms with E-state index in [0.717, 1.165) is 38.9 Å². The van der Waals surface area contributed by atoms with E-state index in [-0.39, 0.29) is 5.92 Å². The summed E-state index contributed by atoms with van der Waals surface area (Å²) in [5, 5.41) is 3.11. The first-order chi connectivity index (χ1) is 9.24. The average Bonchev–Trinajstić information content (AvgIpc) is 2.42. The number of unbranched alkanes of at least 4 members (excludes halogenated alkanes) is 6. The SMILES string of the molecule is CCCCCCCCCNC(=O)C1CCN(C)CC1. The van der Waals surface area contributed by atoms with Crippen LogP contribution in [0.4, 0.5) is 0 Å². The van der Waals surface area contributed by atoms with Gasteiger partial charge in [0.1, 0.15) is 0 Å². The topological polar surface area (TPSA) is 32.3 Å². The largest absolute Gasteiger partial charge is 0.356 e. The number of amides is 1. The summed E-state index contributed by atoms with van der Waals surface area (Å²) in [4.78, 5) is 14.3. The number of carbonyl (C=O) groups excluding carboxylic acids is 1. The van der Waals surface area contributed by atoms with E-state index in [1.54, 1.807) is 0 Å². The summed E-state index contributed by atoms with van der Waals surface area (Å²) in [7, 11) is 2.13. The fourth-order valence-corrected chi connectivity index (χ4v) is 2.71. The molecule has 19 heavy (non-hydrogen) atoms. The third kappa shape index (κ3) is 7.56. The van der Waals surface area contributed by atoms with Gasteiger partial charge in [-0.1, -0.05) is 45.4 Å². The Kier molecular flexibility index (Phi) is 8.89. The molecule has 0 radical (unpaired) electrons. The maximum atomic E-state index is 11.9. The third-order valence-corrected chi connectivity index (χ3v) is 4.17. The molecular formula is C16H32N2O. The predicted molar refractivity (Wildman–Crippen MR) is 81.2 cm³/mol. The van der Waals surface area contributed by atoms with Gasteiger partial charge in [-0.25, -0.2) is 0 Å². The van der Waals surface area contributed by atoms with Crippen molar-refractivity contribution in [2.75, 3.05) is 26.7 Å². The van der Waals surface area contributed by atoms with Crippen LogP contribution in [0.5, 0.6) is 0 Å². The number of likely N-dealkylation sites (tertiary alicyclic amines) is 1. The molecule has 0 aromatic heterocycles. The molecule has 1 aliphatic rings. The first-order valence-electron chi connectivity index (χ1n) is 8.20. The zero-order chi connectivity index (χ0) is 13.9. The van der Waals surface area contributed by atoms with Crippen molar-refractivity contribution < 1.29 is 4.79 Å². The normalized spacial score (nSPS) is 17.6. The molecule has 1 N–H and O–H groups in total. The number of piperidine rings is 1. The van der Waals surface area contributed by atoms with Crippen molar-refractivity contribution in [1.82, 2.24) is 10.2 Å². The Morgan fingerprint density at radius 3 is 2.26 bits per heavy atom. The molecule has 0 aromatic rings. The highest BCUT2D eigenvalue weighted by Gasteiger charge is 2.22. The maximum Gasteiger partial charge on any atom is 0.223 e. The highest BCUT2D eigenvalue weighted by molar-refractivity contribution is 5.78. The molecule has 0 saturated carbocycles. The lowest BCUT2D eigenvalue weighted by molar-refractivity contribution is -0.126. The van der Waals surface area contributed by atoms with Crippen LogP contribution in [0.25, 0.3) is 0 Å². The Labute approximate surface area is 119 Å². The summed E-state index contributed by atoms with van der Waals surface area (Å²) in [6.07, 6.45) is 11.2. The molecule has 1 aliphatic heterocycles. The lowest BCUT2D eigenvalue weighted by Gasteiger charge is -2.28. The zero-order valence-electron chi connectivity index (χ0n) is 12.9. The van der Waals surface area contributed by atoms with Crippen molar-refractivity contribution >= 4 is 5.91 Å². The summed E-state index contributed by atoms with van der Waals surface area (Å²) < 4.78 is 0. The molecule has 3 nitrogen and oxygen atoms in total. The minimum absolute atomic E-state index is 0.265. The van der Waals surface area contributed by atoms with E-state index in [1.807, 2.05) is 0 Å². The van der Waals surface area contributed by atoms with Crippen LogP contribution < -0.4 is 5.32 Å². The molecule has 1 rings (SSSR count). The summed E-state index contributed by atoms with van der Waals surface area (Å²) in [6.45, 7) is 5.25. The lowest BCUT2D eigenvalue weighted by atomic mass is 9.96. The molecule has 0 bridgehead atoms. The van der Waals surface area contributed by atoms with Crippen LogP contribution in [0.1, 0.15) is 64.7 Å². The Balaban J connectivity index is 1.93. The Hall–Kier alpha value is -0.570. The zero-order valence-corrected chi connectivity index (χ0v) is 12.9. The van der Waals surface area contributed by atoms with Gasteiger partial charge in [-0.05, 0) is 39.4 Å². The van der Waals surface area contributed by atoms with Gasteiger partial charge in [-0.2, -0.15) is 0 Å². The van der Waals surface area contributed by atoms with Gasteiger partial charge < -0.3 is 10.2 Å². The number of carbonyl (C=O) groups is 1. The molecule has 0 spiro atoms. The van der Waals surface area contributed by atoms with Crippen LogP contribution in [0.3, 0.4) is 0 Å². The Morgan fingerprint density at radius 2 is 1.63 bits per heavy atom. The van der Waals surface area contributed by atoms with Crippen LogP contribution in [-0.4, -0.2) is 37.5 Å². The second-order valence-electron chi connectivity index (χ2n) is 5.99. The van der Waals surface area contributed by atoms with Crippen LogP contribution >= 0.6 is 0 Å². The van der Waals surface area contributed by atoms with E-state index in [1.165, 1.54) is 38.5 Å². The van der Waals surface area contributed by atoms with Gasteiger partial charge in [0.05, 0.1) is 0 Å². The van der Waals surface area contributed by atoms with Gasteiger partial charge in [0, 0.05) is 12.5 Å². The first-order valence-corrected chi connectivity index (χ1v) is 8.20. The van der Waals surface area contributed by atoms with E-state index in [2.05, 4.69) is 24.2 Å². The van der Waals surface area contributed by atoms with Gasteiger partial charge in [-0.3, -0.25) is 4.79 Å². The van der Waals surface area contributed by atoms with E-state index in [9.17, 15) is 4.79 Å². The average molecular weight is 268 g/mol. The Bertz CT molecular complexity index is 235. The molecule has 0 aromatic carbocycles. The molecular weight excluding hydrogens is 236 g/mol. The summed E-state index contributed by atoms with van der Waals surface area (Å²) in [6, 6.07) is 0. The van der Waals surface area contributed by atoms with Gasteiger partial charge >= 0.3 is 0 Å². The van der Waals surface area contributed by atoms with Crippen molar-refractivity contribution in [1.29, 1.82) is 0 Å². The van der Waals surface area contributed by atoms with Crippen molar-refractivity contribution in [2.45, 2.75) is 64.7 Å². The molecule has 1 saturated heterocycles. The molecule has 112 valence electrons. The molecule has 0 atom stereocenters.